The molecule has 0 radical (unpaired) electrons. The molecule has 14 heteroatoms. The fraction of sp³-hybridized carbons (Fsp3) is 0.440. The summed E-state index contributed by atoms with van der Waals surface area (Å²) in [5.41, 5.74) is 3.05. The van der Waals surface area contributed by atoms with Crippen LogP contribution in [-0.2, 0) is 6.54 Å². The smallest absolute Gasteiger partial charge is 0.369 e. The minimum absolute atomic E-state index is 0.207. The van der Waals surface area contributed by atoms with Crippen molar-refractivity contribution in [3.05, 3.63) is 47.9 Å². The van der Waals surface area contributed by atoms with E-state index < -0.39 is 18.0 Å². The summed E-state index contributed by atoms with van der Waals surface area (Å²) in [5, 5.41) is 12.4. The summed E-state index contributed by atoms with van der Waals surface area (Å²) in [4.78, 5) is 28.8. The Morgan fingerprint density at radius 3 is 2.72 bits per heavy atom. The molecule has 10 nitrogen and oxygen atoms in total. The zero-order chi connectivity index (χ0) is 27.1. The molecule has 1 saturated heterocycles. The number of carbonyl (C=O) groups excluding carboxylic acids is 1. The standard InChI is InChI=1S/C25H26F3N9OS/c1-15(25(26,27)28)10-37-14-31-34-22(37)24-33-21(12-39-24)32-23(38)17-8-19(20(9-29-17)35-6-2-3-7-35)36-11-18(30-13-36)16-4-5-16/h8-9,11-16H,2-7,10H2,1H3,(H,32,38)/t15-/m1/s1. The Morgan fingerprint density at radius 1 is 1.18 bits per heavy atom. The van der Waals surface area contributed by atoms with Crippen LogP contribution in [0.2, 0.25) is 0 Å². The van der Waals surface area contributed by atoms with Crippen molar-refractivity contribution >= 4 is 28.7 Å². The van der Waals surface area contributed by atoms with Crippen LogP contribution >= 0.6 is 11.3 Å². The number of nitrogens with one attached hydrogen (secondary N) is 1. The van der Waals surface area contributed by atoms with E-state index in [4.69, 9.17) is 0 Å². The maximum absolute atomic E-state index is 13.2. The van der Waals surface area contributed by atoms with Gasteiger partial charge < -0.3 is 19.4 Å². The lowest BCUT2D eigenvalue weighted by Crippen LogP contribution is -2.24. The van der Waals surface area contributed by atoms with E-state index in [9.17, 15) is 18.0 Å². The monoisotopic (exact) mass is 557 g/mol. The molecule has 1 N–H and O–H groups in total. The number of hydrogen-bond acceptors (Lipinski definition) is 8. The van der Waals surface area contributed by atoms with Crippen molar-refractivity contribution in [2.45, 2.75) is 51.2 Å². The van der Waals surface area contributed by atoms with E-state index in [-0.39, 0.29) is 23.9 Å². The molecule has 0 unspecified atom stereocenters. The number of thiazole rings is 1. The molecular formula is C25H26F3N9OS. The van der Waals surface area contributed by atoms with Gasteiger partial charge in [0.1, 0.15) is 17.8 Å². The van der Waals surface area contributed by atoms with Crippen molar-refractivity contribution in [1.82, 2.24) is 34.3 Å². The lowest BCUT2D eigenvalue weighted by atomic mass is 10.2. The maximum Gasteiger partial charge on any atom is 0.393 e. The van der Waals surface area contributed by atoms with Gasteiger partial charge in [0.15, 0.2) is 10.8 Å². The van der Waals surface area contributed by atoms with Crippen LogP contribution in [0.1, 0.15) is 54.7 Å². The number of alkyl halides is 3. The molecular weight excluding hydrogens is 531 g/mol. The Morgan fingerprint density at radius 2 is 1.97 bits per heavy atom. The van der Waals surface area contributed by atoms with Crippen LogP contribution in [0, 0.1) is 5.92 Å². The number of imidazole rings is 1. The SMILES string of the molecule is C[C@H](Cn1cnnc1-c1nc(NC(=O)c2cc(-n3cnc(C4CC4)c3)c(N3CCCC3)cn2)cs1)C(F)(F)F. The van der Waals surface area contributed by atoms with E-state index in [2.05, 4.69) is 35.4 Å². The van der Waals surface area contributed by atoms with E-state index in [0.29, 0.717) is 10.9 Å². The molecule has 1 aliphatic heterocycles. The van der Waals surface area contributed by atoms with Gasteiger partial charge in [-0.2, -0.15) is 13.2 Å². The van der Waals surface area contributed by atoms with Crippen molar-refractivity contribution in [2.24, 2.45) is 5.92 Å². The van der Waals surface area contributed by atoms with Crippen LogP contribution in [0.15, 0.2) is 36.5 Å². The summed E-state index contributed by atoms with van der Waals surface area (Å²) in [6.07, 6.45) is 6.94. The van der Waals surface area contributed by atoms with Crippen molar-refractivity contribution in [1.29, 1.82) is 0 Å². The summed E-state index contributed by atoms with van der Waals surface area (Å²) in [6, 6.07) is 1.75. The van der Waals surface area contributed by atoms with Gasteiger partial charge in [-0.05, 0) is 31.7 Å². The molecule has 1 amide bonds. The van der Waals surface area contributed by atoms with Crippen LogP contribution in [0.3, 0.4) is 0 Å². The van der Waals surface area contributed by atoms with E-state index >= 15 is 0 Å². The molecule has 0 spiro atoms. The van der Waals surface area contributed by atoms with Gasteiger partial charge in [0.05, 0.1) is 35.5 Å². The lowest BCUT2D eigenvalue weighted by molar-refractivity contribution is -0.172. The summed E-state index contributed by atoms with van der Waals surface area (Å²) in [6.45, 7) is 2.63. The van der Waals surface area contributed by atoms with Gasteiger partial charge in [0, 0.05) is 37.1 Å². The number of halogens is 3. The Balaban J connectivity index is 1.22. The highest BCUT2D eigenvalue weighted by atomic mass is 32.1. The van der Waals surface area contributed by atoms with E-state index in [1.165, 1.54) is 10.9 Å². The number of hydrogen-bond donors (Lipinski definition) is 1. The van der Waals surface area contributed by atoms with E-state index in [1.807, 2.05) is 10.8 Å². The van der Waals surface area contributed by atoms with Crippen molar-refractivity contribution in [2.75, 3.05) is 23.3 Å². The van der Waals surface area contributed by atoms with E-state index in [1.54, 1.807) is 24.0 Å². The second kappa shape index (κ2) is 10.1. The summed E-state index contributed by atoms with van der Waals surface area (Å²) in [5.74, 6) is -1.06. The van der Waals surface area contributed by atoms with Gasteiger partial charge in [-0.1, -0.05) is 6.92 Å². The average Bonchev–Trinajstić information content (AvgIpc) is 3.38. The summed E-state index contributed by atoms with van der Waals surface area (Å²) in [7, 11) is 0. The normalized spacial score (nSPS) is 16.6. The number of pyridine rings is 1. The number of rotatable bonds is 8. The van der Waals surface area contributed by atoms with Crippen LogP contribution in [0.25, 0.3) is 16.5 Å². The van der Waals surface area contributed by atoms with Crippen LogP contribution in [0.4, 0.5) is 24.7 Å². The fourth-order valence-electron chi connectivity index (χ4n) is 4.60. The van der Waals surface area contributed by atoms with Gasteiger partial charge >= 0.3 is 6.18 Å². The lowest BCUT2D eigenvalue weighted by Gasteiger charge is -2.21. The van der Waals surface area contributed by atoms with Gasteiger partial charge in [0.2, 0.25) is 0 Å². The maximum atomic E-state index is 13.2. The molecule has 0 aromatic carbocycles. The van der Waals surface area contributed by atoms with Gasteiger partial charge in [0.25, 0.3) is 5.91 Å². The second-order valence-corrected chi connectivity index (χ2v) is 10.8. The van der Waals surface area contributed by atoms with Crippen LogP contribution in [0.5, 0.6) is 0 Å². The first-order valence-electron chi connectivity index (χ1n) is 12.8. The highest BCUT2D eigenvalue weighted by molar-refractivity contribution is 7.13. The summed E-state index contributed by atoms with van der Waals surface area (Å²) < 4.78 is 42.4. The molecule has 0 bridgehead atoms. The van der Waals surface area contributed by atoms with Crippen LogP contribution in [-0.4, -0.2) is 59.5 Å². The average molecular weight is 558 g/mol. The first-order chi connectivity index (χ1) is 18.8. The zero-order valence-electron chi connectivity index (χ0n) is 21.1. The van der Waals surface area contributed by atoms with Crippen molar-refractivity contribution < 1.29 is 18.0 Å². The highest BCUT2D eigenvalue weighted by Crippen LogP contribution is 2.39. The number of nitrogens with zero attached hydrogens (tertiary/aromatic N) is 8. The third-order valence-electron chi connectivity index (χ3n) is 7.00. The van der Waals surface area contributed by atoms with Crippen molar-refractivity contribution in [3.63, 3.8) is 0 Å². The molecule has 1 aliphatic carbocycles. The fourth-order valence-corrected chi connectivity index (χ4v) is 5.35. The molecule has 1 atom stereocenters. The Labute approximate surface area is 225 Å². The molecule has 4 aromatic heterocycles. The first kappa shape index (κ1) is 25.5. The predicted octanol–water partition coefficient (Wildman–Crippen LogP) is 4.91. The van der Waals surface area contributed by atoms with Crippen molar-refractivity contribution in [3.8, 4) is 16.5 Å². The zero-order valence-corrected chi connectivity index (χ0v) is 21.9. The minimum Gasteiger partial charge on any atom is -0.369 e. The molecule has 2 aliphatic rings. The van der Waals surface area contributed by atoms with Gasteiger partial charge in [-0.3, -0.25) is 4.79 Å². The highest BCUT2D eigenvalue weighted by Gasteiger charge is 2.36. The third kappa shape index (κ3) is 5.37. The summed E-state index contributed by atoms with van der Waals surface area (Å²) >= 11 is 1.15. The molecule has 39 heavy (non-hydrogen) atoms. The minimum atomic E-state index is -4.34. The first-order valence-corrected chi connectivity index (χ1v) is 13.7. The molecule has 6 rings (SSSR count). The predicted molar refractivity (Wildman–Crippen MR) is 139 cm³/mol. The number of anilines is 2. The second-order valence-electron chi connectivity index (χ2n) is 9.97. The van der Waals surface area contributed by atoms with Gasteiger partial charge in [-0.15, -0.1) is 21.5 Å². The van der Waals surface area contributed by atoms with Crippen LogP contribution < -0.4 is 10.2 Å². The molecule has 2 fully saturated rings. The van der Waals surface area contributed by atoms with Gasteiger partial charge in [-0.25, -0.2) is 15.0 Å². The third-order valence-corrected chi connectivity index (χ3v) is 7.84. The Bertz CT molecular complexity index is 1480. The molecule has 1 saturated carbocycles. The molecule has 4 aromatic rings. The quantitative estimate of drug-likeness (QED) is 0.328. The Hall–Kier alpha value is -3.81. The molecule has 5 heterocycles. The largest absolute Gasteiger partial charge is 0.393 e. The number of carbonyl (C=O) groups is 1. The van der Waals surface area contributed by atoms with E-state index in [0.717, 1.165) is 74.1 Å². The number of aromatic nitrogens is 7. The topological polar surface area (TPSA) is 107 Å². The Kier molecular flexibility index (Phi) is 6.57. The number of amides is 1. The molecule has 204 valence electrons.